The van der Waals surface area contributed by atoms with E-state index in [0.717, 1.165) is 50.2 Å². The lowest BCUT2D eigenvalue weighted by Gasteiger charge is -2.26. The number of rotatable bonds is 4. The first-order chi connectivity index (χ1) is 19.5. The van der Waals surface area contributed by atoms with Gasteiger partial charge in [0.1, 0.15) is 5.82 Å². The van der Waals surface area contributed by atoms with E-state index in [4.69, 9.17) is 0 Å². The van der Waals surface area contributed by atoms with E-state index in [0.29, 0.717) is 16.4 Å². The van der Waals surface area contributed by atoms with Gasteiger partial charge in [-0.2, -0.15) is 0 Å². The maximum absolute atomic E-state index is 15.4. The molecule has 1 atom stereocenters. The molecular weight excluding hydrogens is 527 g/mol. The number of fused-ring (bicyclic) bond motifs is 3. The van der Waals surface area contributed by atoms with Crippen molar-refractivity contribution in [2.45, 2.75) is 44.9 Å². The van der Waals surface area contributed by atoms with Crippen molar-refractivity contribution in [1.82, 2.24) is 24.8 Å². The molecule has 3 aliphatic heterocycles. The average molecular weight is 553 g/mol. The van der Waals surface area contributed by atoms with Crippen molar-refractivity contribution in [1.29, 1.82) is 0 Å². The maximum atomic E-state index is 15.4. The number of hydrogen-bond acceptors (Lipinski definition) is 6. The van der Waals surface area contributed by atoms with Crippen molar-refractivity contribution in [3.63, 3.8) is 0 Å². The Morgan fingerprint density at radius 3 is 2.90 bits per heavy atom. The lowest BCUT2D eigenvalue weighted by Crippen LogP contribution is -2.38. The molecule has 10 heteroatoms. The molecule has 0 fully saturated rings. The zero-order valence-electron chi connectivity index (χ0n) is 21.5. The highest BCUT2D eigenvalue weighted by molar-refractivity contribution is 7.13. The molecule has 0 bridgehead atoms. The molecule has 8 nitrogen and oxygen atoms in total. The molecule has 2 aromatic carbocycles. The van der Waals surface area contributed by atoms with Gasteiger partial charge in [-0.25, -0.2) is 14.4 Å². The van der Waals surface area contributed by atoms with Crippen LogP contribution < -0.4 is 10.6 Å². The minimum absolute atomic E-state index is 0.0329. The van der Waals surface area contributed by atoms with E-state index in [1.54, 1.807) is 24.0 Å². The van der Waals surface area contributed by atoms with Crippen molar-refractivity contribution in [3.8, 4) is 11.8 Å². The second-order valence-corrected chi connectivity index (χ2v) is 11.1. The molecule has 4 aromatic rings. The van der Waals surface area contributed by atoms with Gasteiger partial charge < -0.3 is 14.8 Å². The fraction of sp³-hybridized carbons (Fsp3) is 0.267. The van der Waals surface area contributed by atoms with Crippen molar-refractivity contribution >= 4 is 28.3 Å². The van der Waals surface area contributed by atoms with Crippen molar-refractivity contribution < 1.29 is 14.0 Å². The molecule has 40 heavy (non-hydrogen) atoms. The monoisotopic (exact) mass is 552 g/mol. The Bertz CT molecular complexity index is 1720. The molecule has 2 amide bonds. The van der Waals surface area contributed by atoms with Crippen molar-refractivity contribution in [2.24, 2.45) is 0 Å². The number of anilines is 1. The van der Waals surface area contributed by atoms with Crippen LogP contribution in [-0.2, 0) is 37.3 Å². The number of aryl methyl sites for hydroxylation is 1. The fourth-order valence-electron chi connectivity index (χ4n) is 5.77. The van der Waals surface area contributed by atoms with E-state index in [9.17, 15) is 9.59 Å². The Morgan fingerprint density at radius 2 is 2.02 bits per heavy atom. The summed E-state index contributed by atoms with van der Waals surface area (Å²) in [6.07, 6.45) is 5.95. The third-order valence-corrected chi connectivity index (χ3v) is 8.42. The largest absolute Gasteiger partial charge is 0.334 e. The average Bonchev–Trinajstić information content (AvgIpc) is 3.76. The van der Waals surface area contributed by atoms with Gasteiger partial charge in [0.25, 0.3) is 11.8 Å². The van der Waals surface area contributed by atoms with Crippen LogP contribution in [0.5, 0.6) is 0 Å². The number of carbonyl (C=O) groups excluding carboxylic acids is 2. The number of aromatic nitrogens is 3. The minimum Gasteiger partial charge on any atom is -0.334 e. The predicted molar refractivity (Wildman–Crippen MR) is 148 cm³/mol. The Labute approximate surface area is 234 Å². The number of hydrogen-bond donors (Lipinski definition) is 2. The molecule has 0 saturated carbocycles. The summed E-state index contributed by atoms with van der Waals surface area (Å²) in [5, 5.41) is 8.36. The Balaban J connectivity index is 1.21. The summed E-state index contributed by atoms with van der Waals surface area (Å²) in [6, 6.07) is 8.09. The van der Waals surface area contributed by atoms with Gasteiger partial charge >= 0.3 is 0 Å². The molecule has 7 rings (SSSR count). The van der Waals surface area contributed by atoms with Crippen molar-refractivity contribution in [3.05, 3.63) is 98.8 Å². The van der Waals surface area contributed by atoms with Crippen LogP contribution in [0.4, 0.5) is 9.52 Å². The van der Waals surface area contributed by atoms with Crippen LogP contribution in [0.25, 0.3) is 0 Å². The Hall–Kier alpha value is -4.33. The van der Waals surface area contributed by atoms with Gasteiger partial charge in [0.05, 0.1) is 18.6 Å². The molecule has 0 aliphatic carbocycles. The summed E-state index contributed by atoms with van der Waals surface area (Å²) >= 11 is 1.29. The summed E-state index contributed by atoms with van der Waals surface area (Å²) < 4.78 is 17.4. The van der Waals surface area contributed by atoms with E-state index < -0.39 is 23.7 Å². The van der Waals surface area contributed by atoms with Crippen LogP contribution >= 0.6 is 11.3 Å². The Kier molecular flexibility index (Phi) is 6.18. The summed E-state index contributed by atoms with van der Waals surface area (Å²) in [4.78, 5) is 37.5. The highest BCUT2D eigenvalue weighted by atomic mass is 32.1. The normalized spacial score (nSPS) is 16.1. The molecular formula is C30H25FN6O2S. The zero-order valence-corrected chi connectivity index (χ0v) is 22.4. The van der Waals surface area contributed by atoms with Crippen LogP contribution in [0.1, 0.15) is 62.0 Å². The van der Waals surface area contributed by atoms with E-state index >= 15 is 4.39 Å². The van der Waals surface area contributed by atoms with Gasteiger partial charge in [0.2, 0.25) is 0 Å². The van der Waals surface area contributed by atoms with E-state index in [-0.39, 0.29) is 17.7 Å². The van der Waals surface area contributed by atoms with E-state index in [1.807, 2.05) is 10.6 Å². The van der Waals surface area contributed by atoms with Crippen LogP contribution in [0.15, 0.2) is 48.2 Å². The summed E-state index contributed by atoms with van der Waals surface area (Å²) in [5.74, 6) is 4.81. The smallest absolute Gasteiger partial charge is 0.255 e. The predicted octanol–water partition coefficient (Wildman–Crippen LogP) is 3.81. The van der Waals surface area contributed by atoms with E-state index in [1.165, 1.54) is 33.4 Å². The lowest BCUT2D eigenvalue weighted by molar-refractivity contribution is -0.121. The number of carbonyl (C=O) groups is 2. The van der Waals surface area contributed by atoms with E-state index in [2.05, 4.69) is 44.6 Å². The highest BCUT2D eigenvalue weighted by Gasteiger charge is 2.42. The third kappa shape index (κ3) is 4.37. The Morgan fingerprint density at radius 1 is 1.12 bits per heavy atom. The highest BCUT2D eigenvalue weighted by Crippen LogP contribution is 2.36. The van der Waals surface area contributed by atoms with Crippen LogP contribution in [-0.4, -0.2) is 37.8 Å². The van der Waals surface area contributed by atoms with Gasteiger partial charge in [-0.1, -0.05) is 17.9 Å². The second-order valence-electron chi connectivity index (χ2n) is 10.2. The molecule has 1 unspecified atom stereocenters. The summed E-state index contributed by atoms with van der Waals surface area (Å²) in [5.41, 5.74) is 5.74. The zero-order chi connectivity index (χ0) is 27.2. The maximum Gasteiger partial charge on any atom is 0.255 e. The lowest BCUT2D eigenvalue weighted by atomic mass is 9.98. The van der Waals surface area contributed by atoms with Gasteiger partial charge in [-0.15, -0.1) is 11.3 Å². The molecule has 0 saturated heterocycles. The number of benzene rings is 2. The molecule has 200 valence electrons. The molecule has 3 aliphatic rings. The molecule has 0 radical (unpaired) electrons. The minimum atomic E-state index is -1.02. The molecule has 2 aromatic heterocycles. The van der Waals surface area contributed by atoms with Gasteiger partial charge in [0, 0.05) is 52.6 Å². The molecule has 5 heterocycles. The standard InChI is InChI=1S/C30H25FN6O2S/c31-24-14-19(4-3-18-5-6-21-15-32-8-7-20(21)12-18)13-22-23(24)16-37(29(22)39)27(28(38)35-30-33-9-11-40-30)26-25-2-1-10-36(25)17-34-26/h5-6,9,11-14,17,27,32H,1-2,7-8,10,15-16H2,(H,33,35,38). The number of halogens is 1. The number of amides is 2. The number of thiazole rings is 1. The van der Waals surface area contributed by atoms with Gasteiger partial charge in [-0.05, 0) is 61.2 Å². The first-order valence-corrected chi connectivity index (χ1v) is 14.2. The van der Waals surface area contributed by atoms with Gasteiger partial charge in [0.15, 0.2) is 11.2 Å². The first-order valence-electron chi connectivity index (χ1n) is 13.3. The third-order valence-electron chi connectivity index (χ3n) is 7.73. The van der Waals surface area contributed by atoms with Crippen LogP contribution in [0, 0.1) is 17.7 Å². The molecule has 0 spiro atoms. The number of nitrogens with one attached hydrogen (secondary N) is 2. The summed E-state index contributed by atoms with van der Waals surface area (Å²) in [6.45, 7) is 2.56. The quantitative estimate of drug-likeness (QED) is 0.376. The van der Waals surface area contributed by atoms with Crippen LogP contribution in [0.3, 0.4) is 0 Å². The van der Waals surface area contributed by atoms with Crippen LogP contribution in [0.2, 0.25) is 0 Å². The number of nitrogens with zero attached hydrogens (tertiary/aromatic N) is 4. The fourth-order valence-corrected chi connectivity index (χ4v) is 6.30. The topological polar surface area (TPSA) is 92.2 Å². The molecule has 2 N–H and O–H groups in total. The number of imidazole rings is 1. The summed E-state index contributed by atoms with van der Waals surface area (Å²) in [7, 11) is 0. The first kappa shape index (κ1) is 24.7. The SMILES string of the molecule is O=C(Nc1nccs1)C(c1ncn2c1CCC2)N1Cc2c(F)cc(C#Cc3ccc4c(c3)CCNC4)cc2C1=O. The second kappa shape index (κ2) is 10.0. The van der Waals surface area contributed by atoms with Crippen molar-refractivity contribution in [2.75, 3.05) is 11.9 Å². The van der Waals surface area contributed by atoms with Gasteiger partial charge in [-0.3, -0.25) is 14.9 Å².